The van der Waals surface area contributed by atoms with Gasteiger partial charge in [-0.25, -0.2) is 4.79 Å². The lowest BCUT2D eigenvalue weighted by Gasteiger charge is -2.27. The Morgan fingerprint density at radius 3 is 1.66 bits per heavy atom. The third-order valence-electron chi connectivity index (χ3n) is 12.5. The Balaban J connectivity index is 1.22. The van der Waals surface area contributed by atoms with Crippen molar-refractivity contribution in [1.82, 2.24) is 26.6 Å². The van der Waals surface area contributed by atoms with E-state index in [0.29, 0.717) is 40.0 Å². The maximum absolute atomic E-state index is 14.9. The van der Waals surface area contributed by atoms with E-state index in [1.165, 1.54) is 6.92 Å². The van der Waals surface area contributed by atoms with Crippen molar-refractivity contribution in [3.63, 3.8) is 0 Å². The van der Waals surface area contributed by atoms with Crippen molar-refractivity contribution in [2.75, 3.05) is 10.6 Å². The molecule has 7 amide bonds. The minimum Gasteiger partial charge on any atom is -0.480 e. The molecular weight excluding hydrogens is 939 g/mol. The van der Waals surface area contributed by atoms with Crippen LogP contribution in [0.2, 0.25) is 0 Å². The van der Waals surface area contributed by atoms with Gasteiger partial charge in [-0.1, -0.05) is 140 Å². The standard InChI is InChI=1S/C58H59N7O9/c1-37(66)59-45-26-19-42(20-27-45)36-51(58(73)74)65-57(72)50-35-41-21-28-46(29-22-41)60-52(67)31-32-53(68)61-47(30-23-38-11-5-2-6-12-38)54(69)62-49(34-40-17-24-44(25-18-40)43-15-9-4-10-16-43)56(71)63-48(55(70)64-50)33-39-13-7-3-8-14-39/h2-22,24-29,47-51H,23,30-36H2,1H3,(H,59,66)(H,60,67)(H,61,68)(H,62,69)(H,63,71)(H,64,70)(H,65,72)(H,73,74). The van der Waals surface area contributed by atoms with Crippen molar-refractivity contribution in [1.29, 1.82) is 0 Å². The summed E-state index contributed by atoms with van der Waals surface area (Å²) in [6.07, 6.45) is -0.279. The van der Waals surface area contributed by atoms with Crippen LogP contribution in [-0.4, -0.2) is 82.6 Å². The summed E-state index contributed by atoms with van der Waals surface area (Å²) in [5.74, 6) is -5.65. The van der Waals surface area contributed by atoms with Crippen LogP contribution in [0.25, 0.3) is 11.1 Å². The first-order chi connectivity index (χ1) is 35.7. The number of aryl methyl sites for hydroxylation is 1. The number of hydrogen-bond acceptors (Lipinski definition) is 8. The van der Waals surface area contributed by atoms with Crippen molar-refractivity contribution in [3.8, 4) is 11.1 Å². The largest absolute Gasteiger partial charge is 0.480 e. The van der Waals surface area contributed by atoms with Crippen LogP contribution in [0.5, 0.6) is 0 Å². The zero-order valence-electron chi connectivity index (χ0n) is 40.8. The van der Waals surface area contributed by atoms with Gasteiger partial charge in [0, 0.05) is 56.8 Å². The minimum absolute atomic E-state index is 0.0285. The summed E-state index contributed by atoms with van der Waals surface area (Å²) in [7, 11) is 0. The summed E-state index contributed by atoms with van der Waals surface area (Å²) in [6, 6.07) is 41.8. The number of carboxylic acids is 1. The van der Waals surface area contributed by atoms with Crippen molar-refractivity contribution in [2.45, 2.75) is 88.5 Å². The molecule has 2 aliphatic heterocycles. The van der Waals surface area contributed by atoms with Gasteiger partial charge in [0.05, 0.1) is 0 Å². The number of nitrogens with one attached hydrogen (secondary N) is 7. The second-order valence-electron chi connectivity index (χ2n) is 18.2. The van der Waals surface area contributed by atoms with E-state index in [1.54, 1.807) is 78.9 Å². The highest BCUT2D eigenvalue weighted by atomic mass is 16.4. The van der Waals surface area contributed by atoms with Gasteiger partial charge in [-0.05, 0) is 76.1 Å². The summed E-state index contributed by atoms with van der Waals surface area (Å²) >= 11 is 0. The third kappa shape index (κ3) is 16.0. The van der Waals surface area contributed by atoms with E-state index in [9.17, 15) is 43.5 Å². The fourth-order valence-corrected chi connectivity index (χ4v) is 8.53. The second-order valence-corrected chi connectivity index (χ2v) is 18.2. The number of amides is 7. The van der Waals surface area contributed by atoms with Crippen LogP contribution < -0.4 is 37.2 Å². The Bertz CT molecular complexity index is 2900. The Morgan fingerprint density at radius 1 is 0.554 bits per heavy atom. The predicted octanol–water partition coefficient (Wildman–Crippen LogP) is 5.46. The highest BCUT2D eigenvalue weighted by Crippen LogP contribution is 2.21. The van der Waals surface area contributed by atoms with E-state index < -0.39 is 71.6 Å². The number of benzene rings is 6. The summed E-state index contributed by atoms with van der Waals surface area (Å²) < 4.78 is 0. The van der Waals surface area contributed by atoms with Crippen molar-refractivity contribution in [3.05, 3.63) is 192 Å². The molecule has 380 valence electrons. The molecule has 0 spiro atoms. The first kappa shape index (κ1) is 52.9. The predicted molar refractivity (Wildman–Crippen MR) is 280 cm³/mol. The zero-order valence-corrected chi connectivity index (χ0v) is 40.8. The molecule has 8 rings (SSSR count). The molecule has 0 fully saturated rings. The number of carboxylic acid groups (broad SMARTS) is 1. The number of carbonyl (C=O) groups is 8. The molecule has 0 saturated heterocycles. The van der Waals surface area contributed by atoms with E-state index >= 15 is 0 Å². The number of fused-ring (bicyclic) bond motifs is 18. The third-order valence-corrected chi connectivity index (χ3v) is 12.5. The van der Waals surface area contributed by atoms with Gasteiger partial charge in [-0.15, -0.1) is 0 Å². The molecule has 0 aromatic heterocycles. The molecule has 0 saturated carbocycles. The lowest BCUT2D eigenvalue weighted by molar-refractivity contribution is -0.142. The van der Waals surface area contributed by atoms with Crippen LogP contribution in [0.3, 0.4) is 0 Å². The van der Waals surface area contributed by atoms with Crippen LogP contribution in [-0.2, 0) is 70.5 Å². The zero-order chi connectivity index (χ0) is 52.4. The molecule has 0 aliphatic carbocycles. The van der Waals surface area contributed by atoms with Gasteiger partial charge < -0.3 is 42.3 Å². The van der Waals surface area contributed by atoms with Crippen molar-refractivity contribution >= 4 is 58.7 Å². The maximum atomic E-state index is 14.9. The molecule has 5 atom stereocenters. The quantitative estimate of drug-likeness (QED) is 0.0646. The molecule has 5 unspecified atom stereocenters. The first-order valence-electron chi connectivity index (χ1n) is 24.5. The fourth-order valence-electron chi connectivity index (χ4n) is 8.53. The Labute approximate surface area is 429 Å². The lowest BCUT2D eigenvalue weighted by atomic mass is 9.98. The van der Waals surface area contributed by atoms with Crippen molar-refractivity contribution < 1.29 is 43.5 Å². The minimum atomic E-state index is -1.45. The van der Waals surface area contributed by atoms with Crippen LogP contribution in [0.15, 0.2) is 164 Å². The average molecular weight is 998 g/mol. The van der Waals surface area contributed by atoms with Gasteiger partial charge in [-0.2, -0.15) is 0 Å². The average Bonchev–Trinajstić information content (AvgIpc) is 3.40. The van der Waals surface area contributed by atoms with E-state index in [1.807, 2.05) is 84.9 Å². The van der Waals surface area contributed by atoms with E-state index in [-0.39, 0.29) is 50.9 Å². The lowest BCUT2D eigenvalue weighted by Crippen LogP contribution is -2.60. The van der Waals surface area contributed by atoms with E-state index in [2.05, 4.69) is 37.2 Å². The molecule has 2 bridgehead atoms. The van der Waals surface area contributed by atoms with Crippen LogP contribution in [0.4, 0.5) is 11.4 Å². The summed E-state index contributed by atoms with van der Waals surface area (Å²) in [5, 5.41) is 29.7. The smallest absolute Gasteiger partial charge is 0.326 e. The van der Waals surface area contributed by atoms with E-state index in [4.69, 9.17) is 0 Å². The van der Waals surface area contributed by atoms with Gasteiger partial charge in [0.15, 0.2) is 0 Å². The number of anilines is 2. The molecular formula is C58H59N7O9. The summed E-state index contributed by atoms with van der Waals surface area (Å²) in [5.41, 5.74) is 6.10. The Hall–Kier alpha value is -8.92. The first-order valence-corrected chi connectivity index (χ1v) is 24.5. The molecule has 2 heterocycles. The highest BCUT2D eigenvalue weighted by Gasteiger charge is 2.33. The van der Waals surface area contributed by atoms with Crippen LogP contribution in [0.1, 0.15) is 54.0 Å². The molecule has 16 nitrogen and oxygen atoms in total. The van der Waals surface area contributed by atoms with Crippen LogP contribution >= 0.6 is 0 Å². The molecule has 16 heteroatoms. The van der Waals surface area contributed by atoms with Gasteiger partial charge in [-0.3, -0.25) is 33.6 Å². The van der Waals surface area contributed by atoms with Gasteiger partial charge in [0.1, 0.15) is 30.2 Å². The monoisotopic (exact) mass is 997 g/mol. The SMILES string of the molecule is CC(=O)Nc1ccc(CC(NC(=O)C2Cc3ccc(cc3)NC(=O)CCC(=O)NC(CCc3ccccc3)C(=O)NC(Cc3ccc(-c4ccccc4)cc3)C(=O)NC(Cc3ccccc3)C(=O)N2)C(=O)O)cc1. The topological polar surface area (TPSA) is 241 Å². The highest BCUT2D eigenvalue weighted by molar-refractivity contribution is 5.97. The normalized spacial score (nSPS) is 18.2. The molecule has 74 heavy (non-hydrogen) atoms. The van der Waals surface area contributed by atoms with E-state index in [0.717, 1.165) is 16.7 Å². The molecule has 6 aromatic rings. The second kappa shape index (κ2) is 26.0. The molecule has 2 aliphatic rings. The van der Waals surface area contributed by atoms with Gasteiger partial charge in [0.2, 0.25) is 41.4 Å². The number of aliphatic carboxylic acids is 1. The Morgan fingerprint density at radius 2 is 1.07 bits per heavy atom. The molecule has 8 N–H and O–H groups in total. The Kier molecular flexibility index (Phi) is 18.6. The van der Waals surface area contributed by atoms with Crippen LogP contribution in [0, 0.1) is 0 Å². The van der Waals surface area contributed by atoms with Gasteiger partial charge >= 0.3 is 5.97 Å². The number of rotatable bonds is 14. The summed E-state index contributed by atoms with van der Waals surface area (Å²) in [6.45, 7) is 1.36. The summed E-state index contributed by atoms with van der Waals surface area (Å²) in [4.78, 5) is 109. The fraction of sp³-hybridized carbons (Fsp3) is 0.241. The maximum Gasteiger partial charge on any atom is 0.326 e. The number of hydrogen-bond donors (Lipinski definition) is 8. The molecule has 6 aromatic carbocycles. The van der Waals surface area contributed by atoms with Gasteiger partial charge in [0.25, 0.3) is 0 Å². The number of carbonyl (C=O) groups excluding carboxylic acids is 7. The van der Waals surface area contributed by atoms with Crippen molar-refractivity contribution in [2.24, 2.45) is 0 Å². The molecule has 0 radical (unpaired) electrons.